The average molecular weight is 260 g/mol. The van der Waals surface area contributed by atoms with Crippen molar-refractivity contribution in [3.63, 3.8) is 0 Å². The smallest absolute Gasteiger partial charge is 0.230 e. The lowest BCUT2D eigenvalue weighted by atomic mass is 9.93. The summed E-state index contributed by atoms with van der Waals surface area (Å²) in [7, 11) is 2.00. The standard InChI is InChI=1S/C16H24N2O/c1-3-15(13-7-5-4-6-8-13)16(19)18-11-9-14(17-2)10-12-18/h4-8,14-15,17H,3,9-12H2,1-2H3. The topological polar surface area (TPSA) is 32.3 Å². The van der Waals surface area contributed by atoms with E-state index in [1.165, 1.54) is 0 Å². The number of rotatable bonds is 4. The van der Waals surface area contributed by atoms with Gasteiger partial charge in [0.05, 0.1) is 5.92 Å². The van der Waals surface area contributed by atoms with Crippen LogP contribution in [0.1, 0.15) is 37.7 Å². The fourth-order valence-corrected chi connectivity index (χ4v) is 2.85. The van der Waals surface area contributed by atoms with Crippen LogP contribution < -0.4 is 5.32 Å². The van der Waals surface area contributed by atoms with E-state index < -0.39 is 0 Å². The normalized spacial score (nSPS) is 18.3. The van der Waals surface area contributed by atoms with Gasteiger partial charge >= 0.3 is 0 Å². The average Bonchev–Trinajstić information content (AvgIpc) is 2.49. The summed E-state index contributed by atoms with van der Waals surface area (Å²) in [6, 6.07) is 10.7. The Balaban J connectivity index is 2.02. The first-order valence-corrected chi connectivity index (χ1v) is 7.27. The lowest BCUT2D eigenvalue weighted by Crippen LogP contribution is -2.45. The maximum atomic E-state index is 12.6. The molecule has 1 unspecified atom stereocenters. The largest absolute Gasteiger partial charge is 0.342 e. The van der Waals surface area contributed by atoms with E-state index in [4.69, 9.17) is 0 Å². The summed E-state index contributed by atoms with van der Waals surface area (Å²) < 4.78 is 0. The minimum Gasteiger partial charge on any atom is -0.342 e. The number of piperidine rings is 1. The summed E-state index contributed by atoms with van der Waals surface area (Å²) in [6.45, 7) is 3.86. The highest BCUT2D eigenvalue weighted by atomic mass is 16.2. The van der Waals surface area contributed by atoms with E-state index in [-0.39, 0.29) is 5.92 Å². The first kappa shape index (κ1) is 14.1. The number of carbonyl (C=O) groups is 1. The van der Waals surface area contributed by atoms with Crippen molar-refractivity contribution in [1.29, 1.82) is 0 Å². The number of carbonyl (C=O) groups excluding carboxylic acids is 1. The highest BCUT2D eigenvalue weighted by Gasteiger charge is 2.27. The van der Waals surface area contributed by atoms with Gasteiger partial charge in [0.2, 0.25) is 5.91 Å². The number of likely N-dealkylation sites (tertiary alicyclic amines) is 1. The molecule has 2 rings (SSSR count). The number of nitrogens with one attached hydrogen (secondary N) is 1. The maximum Gasteiger partial charge on any atom is 0.230 e. The molecule has 104 valence electrons. The van der Waals surface area contributed by atoms with Crippen molar-refractivity contribution in [1.82, 2.24) is 10.2 Å². The third-order valence-corrected chi connectivity index (χ3v) is 4.12. The van der Waals surface area contributed by atoms with Gasteiger partial charge in [-0.05, 0) is 31.9 Å². The zero-order valence-corrected chi connectivity index (χ0v) is 11.9. The number of hydrogen-bond donors (Lipinski definition) is 1. The summed E-state index contributed by atoms with van der Waals surface area (Å²) in [6.07, 6.45) is 3.00. The molecule has 1 saturated heterocycles. The molecule has 1 amide bonds. The SMILES string of the molecule is CCC(C(=O)N1CCC(NC)CC1)c1ccccc1. The molecule has 1 atom stereocenters. The lowest BCUT2D eigenvalue weighted by Gasteiger charge is -2.34. The molecule has 1 fully saturated rings. The van der Waals surface area contributed by atoms with Gasteiger partial charge < -0.3 is 10.2 Å². The molecule has 3 nitrogen and oxygen atoms in total. The first-order chi connectivity index (χ1) is 9.26. The van der Waals surface area contributed by atoms with Crippen LogP contribution in [-0.2, 0) is 4.79 Å². The minimum absolute atomic E-state index is 0.0207. The van der Waals surface area contributed by atoms with Crippen molar-refractivity contribution in [2.45, 2.75) is 38.1 Å². The number of benzene rings is 1. The number of nitrogens with zero attached hydrogens (tertiary/aromatic N) is 1. The van der Waals surface area contributed by atoms with Crippen LogP contribution in [0.2, 0.25) is 0 Å². The second-order valence-electron chi connectivity index (χ2n) is 5.26. The third-order valence-electron chi connectivity index (χ3n) is 4.12. The summed E-state index contributed by atoms with van der Waals surface area (Å²) in [4.78, 5) is 14.7. The molecule has 19 heavy (non-hydrogen) atoms. The van der Waals surface area contributed by atoms with Crippen molar-refractivity contribution in [2.24, 2.45) is 0 Å². The van der Waals surface area contributed by atoms with Crippen LogP contribution in [0.15, 0.2) is 30.3 Å². The van der Waals surface area contributed by atoms with Crippen molar-refractivity contribution < 1.29 is 4.79 Å². The Bertz CT molecular complexity index is 396. The van der Waals surface area contributed by atoms with Gasteiger partial charge in [-0.25, -0.2) is 0 Å². The molecule has 1 aliphatic rings. The predicted octanol–water partition coefficient (Wildman–Crippen LogP) is 2.39. The molecule has 0 saturated carbocycles. The molecule has 0 bridgehead atoms. The van der Waals surface area contributed by atoms with Crippen LogP contribution in [0.4, 0.5) is 0 Å². The molecule has 0 aliphatic carbocycles. The van der Waals surface area contributed by atoms with E-state index in [0.29, 0.717) is 11.9 Å². The maximum absolute atomic E-state index is 12.6. The second-order valence-corrected chi connectivity index (χ2v) is 5.26. The van der Waals surface area contributed by atoms with Crippen LogP contribution in [0.5, 0.6) is 0 Å². The van der Waals surface area contributed by atoms with Gasteiger partial charge in [0.25, 0.3) is 0 Å². The van der Waals surface area contributed by atoms with Crippen molar-refractivity contribution >= 4 is 5.91 Å². The molecular weight excluding hydrogens is 236 g/mol. The van der Waals surface area contributed by atoms with Gasteiger partial charge in [-0.1, -0.05) is 37.3 Å². The second kappa shape index (κ2) is 6.71. The quantitative estimate of drug-likeness (QED) is 0.901. The van der Waals surface area contributed by atoms with Crippen LogP contribution in [-0.4, -0.2) is 37.0 Å². The Hall–Kier alpha value is -1.35. The molecule has 0 spiro atoms. The highest BCUT2D eigenvalue weighted by molar-refractivity contribution is 5.83. The monoisotopic (exact) mass is 260 g/mol. The fraction of sp³-hybridized carbons (Fsp3) is 0.562. The zero-order chi connectivity index (χ0) is 13.7. The highest BCUT2D eigenvalue weighted by Crippen LogP contribution is 2.23. The lowest BCUT2D eigenvalue weighted by molar-refractivity contribution is -0.134. The Morgan fingerprint density at radius 3 is 2.47 bits per heavy atom. The first-order valence-electron chi connectivity index (χ1n) is 7.27. The Kier molecular flexibility index (Phi) is 4.97. The summed E-state index contributed by atoms with van der Waals surface area (Å²) in [5.74, 6) is 0.315. The summed E-state index contributed by atoms with van der Waals surface area (Å²) in [5.41, 5.74) is 1.14. The van der Waals surface area contributed by atoms with Gasteiger partial charge in [0.1, 0.15) is 0 Å². The molecule has 0 aromatic heterocycles. The number of amides is 1. The molecule has 1 aromatic carbocycles. The van der Waals surface area contributed by atoms with E-state index in [9.17, 15) is 4.79 Å². The van der Waals surface area contributed by atoms with Gasteiger partial charge in [-0.3, -0.25) is 4.79 Å². The Morgan fingerprint density at radius 1 is 1.32 bits per heavy atom. The van der Waals surface area contributed by atoms with E-state index in [0.717, 1.165) is 37.9 Å². The van der Waals surface area contributed by atoms with Crippen LogP contribution >= 0.6 is 0 Å². The molecular formula is C16H24N2O. The zero-order valence-electron chi connectivity index (χ0n) is 11.9. The van der Waals surface area contributed by atoms with Gasteiger partial charge in [0, 0.05) is 19.1 Å². The summed E-state index contributed by atoms with van der Waals surface area (Å²) in [5, 5.41) is 3.30. The van der Waals surface area contributed by atoms with E-state index in [1.807, 2.05) is 30.1 Å². The Morgan fingerprint density at radius 2 is 1.95 bits per heavy atom. The van der Waals surface area contributed by atoms with Gasteiger partial charge in [-0.2, -0.15) is 0 Å². The molecule has 1 aromatic rings. The molecule has 1 N–H and O–H groups in total. The van der Waals surface area contributed by atoms with E-state index in [1.54, 1.807) is 0 Å². The third kappa shape index (κ3) is 3.35. The summed E-state index contributed by atoms with van der Waals surface area (Å²) >= 11 is 0. The van der Waals surface area contributed by atoms with Crippen molar-refractivity contribution in [3.05, 3.63) is 35.9 Å². The van der Waals surface area contributed by atoms with E-state index in [2.05, 4.69) is 24.4 Å². The minimum atomic E-state index is 0.0207. The van der Waals surface area contributed by atoms with Crippen molar-refractivity contribution in [2.75, 3.05) is 20.1 Å². The van der Waals surface area contributed by atoms with Crippen molar-refractivity contribution in [3.8, 4) is 0 Å². The molecule has 1 heterocycles. The molecule has 1 aliphatic heterocycles. The Labute approximate surface area is 116 Å². The van der Waals surface area contributed by atoms with Crippen LogP contribution in [0.3, 0.4) is 0 Å². The van der Waals surface area contributed by atoms with Crippen LogP contribution in [0, 0.1) is 0 Å². The van der Waals surface area contributed by atoms with Gasteiger partial charge in [-0.15, -0.1) is 0 Å². The van der Waals surface area contributed by atoms with Crippen LogP contribution in [0.25, 0.3) is 0 Å². The number of hydrogen-bond acceptors (Lipinski definition) is 2. The van der Waals surface area contributed by atoms with E-state index >= 15 is 0 Å². The van der Waals surface area contributed by atoms with Gasteiger partial charge in [0.15, 0.2) is 0 Å². The predicted molar refractivity (Wildman–Crippen MR) is 78.1 cm³/mol. The fourth-order valence-electron chi connectivity index (χ4n) is 2.85. The molecule has 3 heteroatoms. The molecule has 0 radical (unpaired) electrons.